The van der Waals surface area contributed by atoms with Gasteiger partial charge in [0.25, 0.3) is 0 Å². The summed E-state index contributed by atoms with van der Waals surface area (Å²) in [4.78, 5) is 0. The topological polar surface area (TPSA) is 30.5 Å². The van der Waals surface area contributed by atoms with Crippen LogP contribution < -0.4 is 10.1 Å². The first-order valence-corrected chi connectivity index (χ1v) is 7.72. The van der Waals surface area contributed by atoms with Crippen molar-refractivity contribution in [3.63, 3.8) is 0 Å². The number of hydrogen-bond donors (Lipinski definition) is 1. The predicted octanol–water partition coefficient (Wildman–Crippen LogP) is 3.55. The number of rotatable bonds is 6. The first kappa shape index (κ1) is 15.3. The average molecular weight is 277 g/mol. The second-order valence-electron chi connectivity index (χ2n) is 5.64. The highest BCUT2D eigenvalue weighted by Crippen LogP contribution is 2.24. The molecule has 0 aliphatic carbocycles. The van der Waals surface area contributed by atoms with Gasteiger partial charge < -0.3 is 14.8 Å². The van der Waals surface area contributed by atoms with Crippen LogP contribution in [0.1, 0.15) is 44.7 Å². The van der Waals surface area contributed by atoms with Gasteiger partial charge in [0.2, 0.25) is 0 Å². The molecule has 1 aromatic carbocycles. The number of hydrogen-bond acceptors (Lipinski definition) is 3. The van der Waals surface area contributed by atoms with Gasteiger partial charge in [0.05, 0.1) is 7.11 Å². The van der Waals surface area contributed by atoms with Gasteiger partial charge in [0, 0.05) is 25.3 Å². The quantitative estimate of drug-likeness (QED) is 0.862. The van der Waals surface area contributed by atoms with Gasteiger partial charge in [-0.25, -0.2) is 0 Å². The zero-order valence-corrected chi connectivity index (χ0v) is 12.9. The van der Waals surface area contributed by atoms with Gasteiger partial charge in [0.15, 0.2) is 0 Å². The Hall–Kier alpha value is -1.06. The van der Waals surface area contributed by atoms with Crippen LogP contribution in [-0.2, 0) is 4.74 Å². The summed E-state index contributed by atoms with van der Waals surface area (Å²) < 4.78 is 10.7. The molecule has 1 heterocycles. The molecule has 2 rings (SSSR count). The largest absolute Gasteiger partial charge is 0.497 e. The van der Waals surface area contributed by atoms with Crippen LogP contribution in [0.3, 0.4) is 0 Å². The van der Waals surface area contributed by atoms with Crippen molar-refractivity contribution < 1.29 is 9.47 Å². The highest BCUT2D eigenvalue weighted by Gasteiger charge is 2.22. The number of methoxy groups -OCH3 is 1. The summed E-state index contributed by atoms with van der Waals surface area (Å²) in [5.74, 6) is 1.65. The van der Waals surface area contributed by atoms with E-state index in [4.69, 9.17) is 9.47 Å². The van der Waals surface area contributed by atoms with E-state index < -0.39 is 0 Å². The first-order valence-electron chi connectivity index (χ1n) is 7.72. The number of benzene rings is 1. The van der Waals surface area contributed by atoms with Crippen molar-refractivity contribution in [3.05, 3.63) is 29.8 Å². The van der Waals surface area contributed by atoms with Crippen LogP contribution >= 0.6 is 0 Å². The van der Waals surface area contributed by atoms with Crippen LogP contribution in [0.25, 0.3) is 0 Å². The van der Waals surface area contributed by atoms with E-state index in [1.165, 1.54) is 18.4 Å². The van der Waals surface area contributed by atoms with E-state index in [1.807, 2.05) is 12.1 Å². The molecule has 2 atom stereocenters. The molecular formula is C17H27NO2. The Morgan fingerprint density at radius 3 is 2.45 bits per heavy atom. The molecule has 3 heteroatoms. The van der Waals surface area contributed by atoms with Crippen molar-refractivity contribution in [2.75, 3.05) is 20.3 Å². The maximum absolute atomic E-state index is 5.45. The van der Waals surface area contributed by atoms with Gasteiger partial charge in [-0.3, -0.25) is 0 Å². The van der Waals surface area contributed by atoms with Crippen molar-refractivity contribution in [2.24, 2.45) is 5.92 Å². The van der Waals surface area contributed by atoms with Crippen LogP contribution in [-0.4, -0.2) is 26.4 Å². The third-order valence-corrected chi connectivity index (χ3v) is 4.36. The summed E-state index contributed by atoms with van der Waals surface area (Å²) in [6.07, 6.45) is 3.44. The molecule has 0 bridgehead atoms. The summed E-state index contributed by atoms with van der Waals surface area (Å²) in [6, 6.07) is 9.36. The Balaban J connectivity index is 1.96. The fraction of sp³-hybridized carbons (Fsp3) is 0.647. The molecule has 1 aliphatic rings. The highest BCUT2D eigenvalue weighted by molar-refractivity contribution is 5.29. The van der Waals surface area contributed by atoms with E-state index >= 15 is 0 Å². The van der Waals surface area contributed by atoms with Crippen molar-refractivity contribution in [1.29, 1.82) is 0 Å². The van der Waals surface area contributed by atoms with Crippen molar-refractivity contribution in [1.82, 2.24) is 5.32 Å². The van der Waals surface area contributed by atoms with E-state index in [0.29, 0.717) is 12.1 Å². The van der Waals surface area contributed by atoms with Gasteiger partial charge in [-0.15, -0.1) is 0 Å². The third kappa shape index (κ3) is 3.97. The minimum atomic E-state index is 0.416. The summed E-state index contributed by atoms with van der Waals surface area (Å²) in [5, 5.41) is 3.79. The van der Waals surface area contributed by atoms with Crippen LogP contribution in [0, 0.1) is 5.92 Å². The molecule has 0 amide bonds. The molecule has 3 nitrogen and oxygen atoms in total. The van der Waals surface area contributed by atoms with E-state index in [2.05, 4.69) is 31.3 Å². The summed E-state index contributed by atoms with van der Waals surface area (Å²) in [5.41, 5.74) is 1.34. The summed E-state index contributed by atoms with van der Waals surface area (Å²) in [6.45, 7) is 6.37. The molecule has 0 radical (unpaired) electrons. The van der Waals surface area contributed by atoms with Crippen LogP contribution in [0.2, 0.25) is 0 Å². The molecule has 0 spiro atoms. The Morgan fingerprint density at radius 2 is 1.90 bits per heavy atom. The Labute approximate surface area is 122 Å². The Kier molecular flexibility index (Phi) is 5.86. The first-order chi connectivity index (χ1) is 9.74. The zero-order valence-electron chi connectivity index (χ0n) is 12.9. The Morgan fingerprint density at radius 1 is 1.25 bits per heavy atom. The Bertz CT molecular complexity index is 384. The van der Waals surface area contributed by atoms with E-state index in [1.54, 1.807) is 7.11 Å². The lowest BCUT2D eigenvalue weighted by molar-refractivity contribution is 0.0543. The molecular weight excluding hydrogens is 250 g/mol. The standard InChI is InChI=1S/C17H27NO2/c1-4-17(15-5-7-16(19-3)8-6-15)18-13(2)14-9-11-20-12-10-14/h5-8,13-14,17-18H,4,9-12H2,1-3H3. The lowest BCUT2D eigenvalue weighted by atomic mass is 9.91. The van der Waals surface area contributed by atoms with Crippen LogP contribution in [0.4, 0.5) is 0 Å². The zero-order chi connectivity index (χ0) is 14.4. The monoisotopic (exact) mass is 277 g/mol. The van der Waals surface area contributed by atoms with E-state index in [0.717, 1.165) is 31.3 Å². The van der Waals surface area contributed by atoms with Gasteiger partial charge in [0.1, 0.15) is 5.75 Å². The molecule has 1 N–H and O–H groups in total. The van der Waals surface area contributed by atoms with Crippen molar-refractivity contribution >= 4 is 0 Å². The molecule has 0 saturated carbocycles. The van der Waals surface area contributed by atoms with Crippen molar-refractivity contribution in [3.8, 4) is 5.75 Å². The molecule has 0 aromatic heterocycles. The molecule has 112 valence electrons. The van der Waals surface area contributed by atoms with Crippen LogP contribution in [0.5, 0.6) is 5.75 Å². The maximum Gasteiger partial charge on any atom is 0.118 e. The van der Waals surface area contributed by atoms with Crippen molar-refractivity contribution in [2.45, 2.75) is 45.2 Å². The van der Waals surface area contributed by atoms with Gasteiger partial charge in [-0.1, -0.05) is 19.1 Å². The number of nitrogens with one attached hydrogen (secondary N) is 1. The lowest BCUT2D eigenvalue weighted by Gasteiger charge is -2.31. The maximum atomic E-state index is 5.45. The molecule has 1 saturated heterocycles. The molecule has 1 fully saturated rings. The fourth-order valence-corrected chi connectivity index (χ4v) is 2.96. The van der Waals surface area contributed by atoms with Gasteiger partial charge in [-0.05, 0) is 49.8 Å². The highest BCUT2D eigenvalue weighted by atomic mass is 16.5. The molecule has 1 aromatic rings. The van der Waals surface area contributed by atoms with E-state index in [9.17, 15) is 0 Å². The van der Waals surface area contributed by atoms with E-state index in [-0.39, 0.29) is 0 Å². The number of ether oxygens (including phenoxy) is 2. The molecule has 2 unspecified atom stereocenters. The molecule has 20 heavy (non-hydrogen) atoms. The molecule has 1 aliphatic heterocycles. The van der Waals surface area contributed by atoms with Gasteiger partial charge >= 0.3 is 0 Å². The van der Waals surface area contributed by atoms with Gasteiger partial charge in [-0.2, -0.15) is 0 Å². The third-order valence-electron chi connectivity index (χ3n) is 4.36. The SMILES string of the molecule is CCC(NC(C)C1CCOCC1)c1ccc(OC)cc1. The summed E-state index contributed by atoms with van der Waals surface area (Å²) in [7, 11) is 1.71. The second kappa shape index (κ2) is 7.65. The average Bonchev–Trinajstić information content (AvgIpc) is 2.53. The second-order valence-corrected chi connectivity index (χ2v) is 5.64. The predicted molar refractivity (Wildman–Crippen MR) is 82.2 cm³/mol. The summed E-state index contributed by atoms with van der Waals surface area (Å²) >= 11 is 0. The normalized spacial score (nSPS) is 19.6. The fourth-order valence-electron chi connectivity index (χ4n) is 2.96. The minimum absolute atomic E-state index is 0.416. The lowest BCUT2D eigenvalue weighted by Crippen LogP contribution is -2.38. The smallest absolute Gasteiger partial charge is 0.118 e. The minimum Gasteiger partial charge on any atom is -0.497 e. The van der Waals surface area contributed by atoms with Crippen LogP contribution in [0.15, 0.2) is 24.3 Å².